The van der Waals surface area contributed by atoms with E-state index in [2.05, 4.69) is 33.0 Å². The fourth-order valence-corrected chi connectivity index (χ4v) is 4.49. The van der Waals surface area contributed by atoms with Gasteiger partial charge in [-0.05, 0) is 33.2 Å². The normalized spacial score (nSPS) is 11.0. The number of nitrogens with zero attached hydrogens (tertiary/aromatic N) is 2. The average Bonchev–Trinajstić information content (AvgIpc) is 2.79. The van der Waals surface area contributed by atoms with Crippen LogP contribution in [0.2, 0.25) is 0 Å². The smallest absolute Gasteiger partial charge is 0.269 e. The lowest BCUT2D eigenvalue weighted by Crippen LogP contribution is -2.17. The van der Waals surface area contributed by atoms with Gasteiger partial charge >= 0.3 is 0 Å². The Hall–Kier alpha value is -3.75. The van der Waals surface area contributed by atoms with Crippen LogP contribution in [-0.4, -0.2) is 9.97 Å². The molecule has 1 aromatic heterocycles. The molecule has 0 aliphatic carbocycles. The van der Waals surface area contributed by atoms with E-state index in [0.717, 1.165) is 37.1 Å². The molecule has 5 rings (SSSR count). The number of benzene rings is 4. The van der Waals surface area contributed by atoms with Gasteiger partial charge in [0, 0.05) is 16.5 Å². The zero-order chi connectivity index (χ0) is 21.4. The molecule has 0 bridgehead atoms. The molecule has 0 saturated heterocycles. The number of aromatic nitrogens is 2. The number of hydrogen-bond donors (Lipinski definition) is 1. The van der Waals surface area contributed by atoms with Crippen LogP contribution in [0.3, 0.4) is 0 Å². The van der Waals surface area contributed by atoms with Gasteiger partial charge in [0.2, 0.25) is 0 Å². The van der Waals surface area contributed by atoms with Crippen LogP contribution >= 0.6 is 15.9 Å². The largest absolute Gasteiger partial charge is 0.305 e. The second-order valence-corrected chi connectivity index (χ2v) is 8.16. The third-order valence-corrected chi connectivity index (χ3v) is 6.16. The summed E-state index contributed by atoms with van der Waals surface area (Å²) >= 11 is 3.59. The quantitative estimate of drug-likeness (QED) is 0.356. The van der Waals surface area contributed by atoms with E-state index in [1.54, 1.807) is 0 Å². The number of aromatic amines is 1. The number of hydrogen-bond acceptors (Lipinski definition) is 3. The van der Waals surface area contributed by atoms with E-state index in [-0.39, 0.29) is 5.56 Å². The monoisotopic (exact) mass is 465 g/mol. The van der Waals surface area contributed by atoms with Crippen molar-refractivity contribution in [1.82, 2.24) is 9.97 Å². The highest BCUT2D eigenvalue weighted by Gasteiger charge is 2.16. The third-order valence-electron chi connectivity index (χ3n) is 5.47. The first kappa shape index (κ1) is 19.2. The van der Waals surface area contributed by atoms with Crippen molar-refractivity contribution in [2.75, 3.05) is 0 Å². The van der Waals surface area contributed by atoms with Crippen LogP contribution in [0.25, 0.3) is 32.9 Å². The predicted octanol–water partition coefficient (Wildman–Crippen LogP) is 5.97. The third kappa shape index (κ3) is 3.41. The zero-order valence-electron chi connectivity index (χ0n) is 16.4. The second kappa shape index (κ2) is 7.82. The summed E-state index contributed by atoms with van der Waals surface area (Å²) in [4.78, 5) is 20.4. The van der Waals surface area contributed by atoms with Crippen molar-refractivity contribution in [3.05, 3.63) is 111 Å². The maximum absolute atomic E-state index is 12.8. The van der Waals surface area contributed by atoms with Gasteiger partial charge in [0.25, 0.3) is 5.56 Å². The Morgan fingerprint density at radius 3 is 2.45 bits per heavy atom. The molecule has 0 atom stereocenters. The Balaban J connectivity index is 1.71. The van der Waals surface area contributed by atoms with Gasteiger partial charge in [-0.25, -0.2) is 4.98 Å². The molecule has 0 unspecified atom stereocenters. The van der Waals surface area contributed by atoms with Crippen molar-refractivity contribution in [3.8, 4) is 17.5 Å². The standard InChI is InChI=1S/C26H16BrN3O/c27-23-13-5-10-19-20(23)11-4-12-21(19)25-29-24(22(15-28)26(31)30-25)14-17-8-3-7-16-6-1-2-9-18(16)17/h1-13H,14H2,(H,29,30,31). The van der Waals surface area contributed by atoms with Crippen LogP contribution in [-0.2, 0) is 6.42 Å². The Bertz CT molecular complexity index is 1560. The molecule has 0 fully saturated rings. The summed E-state index contributed by atoms with van der Waals surface area (Å²) in [5, 5.41) is 13.9. The Morgan fingerprint density at radius 1 is 0.871 bits per heavy atom. The second-order valence-electron chi connectivity index (χ2n) is 7.30. The fourth-order valence-electron chi connectivity index (χ4n) is 4.00. The molecule has 0 amide bonds. The molecule has 4 aromatic carbocycles. The average molecular weight is 466 g/mol. The van der Waals surface area contributed by atoms with Gasteiger partial charge in [-0.1, -0.05) is 88.7 Å². The van der Waals surface area contributed by atoms with Crippen LogP contribution < -0.4 is 5.56 Å². The van der Waals surface area contributed by atoms with Crippen LogP contribution in [0, 0.1) is 11.3 Å². The van der Waals surface area contributed by atoms with Crippen LogP contribution in [0.4, 0.5) is 0 Å². The summed E-state index contributed by atoms with van der Waals surface area (Å²) in [6, 6.07) is 28.0. The minimum atomic E-state index is -0.422. The number of nitrogens with one attached hydrogen (secondary N) is 1. The molecular weight excluding hydrogens is 450 g/mol. The van der Waals surface area contributed by atoms with Gasteiger partial charge in [0.05, 0.1) is 5.69 Å². The summed E-state index contributed by atoms with van der Waals surface area (Å²) in [5.41, 5.74) is 1.95. The lowest BCUT2D eigenvalue weighted by atomic mass is 9.99. The lowest BCUT2D eigenvalue weighted by Gasteiger charge is -2.11. The van der Waals surface area contributed by atoms with E-state index in [1.165, 1.54) is 0 Å². The molecule has 0 aliphatic rings. The van der Waals surface area contributed by atoms with Crippen molar-refractivity contribution >= 4 is 37.5 Å². The summed E-state index contributed by atoms with van der Waals surface area (Å²) < 4.78 is 0.971. The van der Waals surface area contributed by atoms with E-state index in [0.29, 0.717) is 17.9 Å². The molecule has 4 nitrogen and oxygen atoms in total. The molecule has 0 spiro atoms. The topological polar surface area (TPSA) is 69.5 Å². The van der Waals surface area contributed by atoms with Crippen molar-refractivity contribution in [1.29, 1.82) is 5.26 Å². The van der Waals surface area contributed by atoms with Gasteiger partial charge in [-0.2, -0.15) is 5.26 Å². The van der Waals surface area contributed by atoms with E-state index in [4.69, 9.17) is 4.98 Å². The molecule has 1 N–H and O–H groups in total. The first-order valence-electron chi connectivity index (χ1n) is 9.83. The van der Waals surface area contributed by atoms with Gasteiger partial charge in [0.15, 0.2) is 0 Å². The minimum Gasteiger partial charge on any atom is -0.305 e. The first-order chi connectivity index (χ1) is 15.2. The van der Waals surface area contributed by atoms with Crippen LogP contribution in [0.1, 0.15) is 16.8 Å². The number of H-pyrrole nitrogens is 1. The van der Waals surface area contributed by atoms with Crippen LogP contribution in [0.15, 0.2) is 88.1 Å². The van der Waals surface area contributed by atoms with Gasteiger partial charge in [-0.15, -0.1) is 0 Å². The van der Waals surface area contributed by atoms with E-state index in [9.17, 15) is 10.1 Å². The summed E-state index contributed by atoms with van der Waals surface area (Å²) in [6.07, 6.45) is 0.398. The Labute approximate surface area is 186 Å². The van der Waals surface area contributed by atoms with E-state index in [1.807, 2.05) is 72.8 Å². The highest BCUT2D eigenvalue weighted by molar-refractivity contribution is 9.10. The van der Waals surface area contributed by atoms with E-state index < -0.39 is 5.56 Å². The summed E-state index contributed by atoms with van der Waals surface area (Å²) in [7, 11) is 0. The Morgan fingerprint density at radius 2 is 1.58 bits per heavy atom. The molecule has 5 aromatic rings. The van der Waals surface area contributed by atoms with Crippen LogP contribution in [0.5, 0.6) is 0 Å². The van der Waals surface area contributed by atoms with Crippen molar-refractivity contribution in [3.63, 3.8) is 0 Å². The van der Waals surface area contributed by atoms with Crippen molar-refractivity contribution in [2.45, 2.75) is 6.42 Å². The number of rotatable bonds is 3. The molecular formula is C26H16BrN3O. The summed E-state index contributed by atoms with van der Waals surface area (Å²) in [6.45, 7) is 0. The highest BCUT2D eigenvalue weighted by Crippen LogP contribution is 2.31. The SMILES string of the molecule is N#Cc1c(Cc2cccc3ccccc23)nc(-c2cccc3c(Br)cccc23)[nH]c1=O. The molecule has 148 valence electrons. The maximum atomic E-state index is 12.8. The predicted molar refractivity (Wildman–Crippen MR) is 127 cm³/mol. The molecule has 31 heavy (non-hydrogen) atoms. The summed E-state index contributed by atoms with van der Waals surface area (Å²) in [5.74, 6) is 0.461. The molecule has 0 aliphatic heterocycles. The fraction of sp³-hybridized carbons (Fsp3) is 0.0385. The lowest BCUT2D eigenvalue weighted by molar-refractivity contribution is 1.00. The Kier molecular flexibility index (Phi) is 4.85. The van der Waals surface area contributed by atoms with Gasteiger partial charge in [0.1, 0.15) is 17.5 Å². The zero-order valence-corrected chi connectivity index (χ0v) is 18.0. The molecule has 0 radical (unpaired) electrons. The van der Waals surface area contributed by atoms with Gasteiger partial charge < -0.3 is 4.98 Å². The number of fused-ring (bicyclic) bond motifs is 2. The number of nitriles is 1. The number of halogens is 1. The molecule has 1 heterocycles. The van der Waals surface area contributed by atoms with Crippen molar-refractivity contribution < 1.29 is 0 Å². The van der Waals surface area contributed by atoms with Crippen molar-refractivity contribution in [2.24, 2.45) is 0 Å². The first-order valence-corrected chi connectivity index (χ1v) is 10.6. The molecule has 5 heteroatoms. The maximum Gasteiger partial charge on any atom is 0.269 e. The minimum absolute atomic E-state index is 0.0538. The van der Waals surface area contributed by atoms with Gasteiger partial charge in [-0.3, -0.25) is 4.79 Å². The van der Waals surface area contributed by atoms with E-state index >= 15 is 0 Å². The molecule has 0 saturated carbocycles. The highest BCUT2D eigenvalue weighted by atomic mass is 79.9.